The predicted octanol–water partition coefficient (Wildman–Crippen LogP) is 0.901. The normalized spacial score (nSPS) is 30.1. The number of rotatable bonds is 3. The molecule has 1 aliphatic rings. The molecule has 0 aliphatic carbocycles. The van der Waals surface area contributed by atoms with E-state index in [1.807, 2.05) is 13.8 Å². The summed E-state index contributed by atoms with van der Waals surface area (Å²) < 4.78 is 0. The first-order valence-corrected chi connectivity index (χ1v) is 5.10. The molecule has 0 spiro atoms. The fourth-order valence-corrected chi connectivity index (χ4v) is 1.53. The van der Waals surface area contributed by atoms with Crippen LogP contribution in [0.15, 0.2) is 0 Å². The molecule has 0 aromatic carbocycles. The smallest absolute Gasteiger partial charge is 0.223 e. The van der Waals surface area contributed by atoms with Crippen LogP contribution in [0.4, 0.5) is 0 Å². The molecule has 1 fully saturated rings. The standard InChI is InChI=1S/C10H20N2O/c1-4-8(2)9(13)12-10(3)5-6-11-7-10/h8,11H,4-7H2,1-3H3,(H,12,13). The van der Waals surface area contributed by atoms with E-state index in [4.69, 9.17) is 0 Å². The first-order valence-electron chi connectivity index (χ1n) is 5.10. The minimum Gasteiger partial charge on any atom is -0.349 e. The largest absolute Gasteiger partial charge is 0.349 e. The molecule has 1 aliphatic heterocycles. The Hall–Kier alpha value is -0.570. The summed E-state index contributed by atoms with van der Waals surface area (Å²) in [6.07, 6.45) is 1.95. The Morgan fingerprint density at radius 1 is 1.69 bits per heavy atom. The van der Waals surface area contributed by atoms with Gasteiger partial charge in [0.05, 0.1) is 5.54 Å². The van der Waals surface area contributed by atoms with Crippen molar-refractivity contribution < 1.29 is 4.79 Å². The Balaban J connectivity index is 2.43. The molecule has 13 heavy (non-hydrogen) atoms. The highest BCUT2D eigenvalue weighted by Gasteiger charge is 2.30. The molecule has 1 rings (SSSR count). The van der Waals surface area contributed by atoms with E-state index >= 15 is 0 Å². The third kappa shape index (κ3) is 2.69. The Labute approximate surface area is 80.3 Å². The van der Waals surface area contributed by atoms with Crippen molar-refractivity contribution >= 4 is 5.91 Å². The number of carbonyl (C=O) groups excluding carboxylic acids is 1. The molecule has 2 unspecified atom stereocenters. The molecule has 76 valence electrons. The molecule has 2 atom stereocenters. The maximum atomic E-state index is 11.6. The second-order valence-corrected chi connectivity index (χ2v) is 4.29. The zero-order valence-corrected chi connectivity index (χ0v) is 8.81. The van der Waals surface area contributed by atoms with Crippen molar-refractivity contribution in [1.29, 1.82) is 0 Å². The van der Waals surface area contributed by atoms with E-state index in [0.717, 1.165) is 25.9 Å². The van der Waals surface area contributed by atoms with Crippen LogP contribution in [0.2, 0.25) is 0 Å². The van der Waals surface area contributed by atoms with Crippen LogP contribution >= 0.6 is 0 Å². The van der Waals surface area contributed by atoms with Crippen LogP contribution in [0.3, 0.4) is 0 Å². The van der Waals surface area contributed by atoms with Gasteiger partial charge in [-0.15, -0.1) is 0 Å². The summed E-state index contributed by atoms with van der Waals surface area (Å²) in [6, 6.07) is 0. The van der Waals surface area contributed by atoms with Crippen molar-refractivity contribution in [3.05, 3.63) is 0 Å². The van der Waals surface area contributed by atoms with Crippen LogP contribution in [0.1, 0.15) is 33.6 Å². The van der Waals surface area contributed by atoms with Crippen LogP contribution in [-0.2, 0) is 4.79 Å². The zero-order chi connectivity index (χ0) is 9.90. The highest BCUT2D eigenvalue weighted by Crippen LogP contribution is 2.14. The minimum atomic E-state index is -0.0134. The van der Waals surface area contributed by atoms with Gasteiger partial charge in [-0.3, -0.25) is 4.79 Å². The van der Waals surface area contributed by atoms with Crippen molar-refractivity contribution in [2.75, 3.05) is 13.1 Å². The first-order chi connectivity index (χ1) is 6.07. The van der Waals surface area contributed by atoms with E-state index < -0.39 is 0 Å². The number of amides is 1. The molecule has 1 amide bonds. The molecular weight excluding hydrogens is 164 g/mol. The zero-order valence-electron chi connectivity index (χ0n) is 8.81. The van der Waals surface area contributed by atoms with Crippen LogP contribution in [-0.4, -0.2) is 24.5 Å². The van der Waals surface area contributed by atoms with E-state index in [1.165, 1.54) is 0 Å². The number of hydrogen-bond acceptors (Lipinski definition) is 2. The Bertz CT molecular complexity index is 185. The molecule has 0 bridgehead atoms. The van der Waals surface area contributed by atoms with Gasteiger partial charge in [0.25, 0.3) is 0 Å². The average molecular weight is 184 g/mol. The van der Waals surface area contributed by atoms with E-state index in [-0.39, 0.29) is 17.4 Å². The van der Waals surface area contributed by atoms with E-state index in [2.05, 4.69) is 17.6 Å². The van der Waals surface area contributed by atoms with Crippen molar-refractivity contribution in [3.8, 4) is 0 Å². The lowest BCUT2D eigenvalue weighted by Crippen LogP contribution is -2.49. The Kier molecular flexibility index (Phi) is 3.31. The lowest BCUT2D eigenvalue weighted by Gasteiger charge is -2.26. The summed E-state index contributed by atoms with van der Waals surface area (Å²) >= 11 is 0. The Morgan fingerprint density at radius 3 is 2.85 bits per heavy atom. The third-order valence-electron chi connectivity index (χ3n) is 2.85. The number of carbonyl (C=O) groups is 1. The van der Waals surface area contributed by atoms with Gasteiger partial charge < -0.3 is 10.6 Å². The average Bonchev–Trinajstić information content (AvgIpc) is 2.50. The topological polar surface area (TPSA) is 41.1 Å². The van der Waals surface area contributed by atoms with Crippen molar-refractivity contribution in [2.45, 2.75) is 39.2 Å². The lowest BCUT2D eigenvalue weighted by atomic mass is 9.99. The van der Waals surface area contributed by atoms with Gasteiger partial charge in [0.1, 0.15) is 0 Å². The summed E-state index contributed by atoms with van der Waals surface area (Å²) in [4.78, 5) is 11.6. The van der Waals surface area contributed by atoms with Crippen LogP contribution in [0.25, 0.3) is 0 Å². The summed E-state index contributed by atoms with van der Waals surface area (Å²) in [7, 11) is 0. The first kappa shape index (κ1) is 10.5. The number of hydrogen-bond donors (Lipinski definition) is 2. The molecule has 0 radical (unpaired) electrons. The van der Waals surface area contributed by atoms with E-state index in [0.29, 0.717) is 0 Å². The second kappa shape index (κ2) is 4.09. The van der Waals surface area contributed by atoms with Crippen LogP contribution in [0.5, 0.6) is 0 Å². The van der Waals surface area contributed by atoms with Crippen molar-refractivity contribution in [3.63, 3.8) is 0 Å². The second-order valence-electron chi connectivity index (χ2n) is 4.29. The SMILES string of the molecule is CCC(C)C(=O)NC1(C)CCNC1. The summed E-state index contributed by atoms with van der Waals surface area (Å²) in [6.45, 7) is 8.03. The Morgan fingerprint density at radius 2 is 2.38 bits per heavy atom. The predicted molar refractivity (Wildman–Crippen MR) is 53.5 cm³/mol. The van der Waals surface area contributed by atoms with Gasteiger partial charge in [0, 0.05) is 12.5 Å². The van der Waals surface area contributed by atoms with Gasteiger partial charge in [-0.1, -0.05) is 13.8 Å². The van der Waals surface area contributed by atoms with Crippen molar-refractivity contribution in [1.82, 2.24) is 10.6 Å². The third-order valence-corrected chi connectivity index (χ3v) is 2.85. The molecule has 0 saturated carbocycles. The molecule has 1 saturated heterocycles. The van der Waals surface area contributed by atoms with Crippen LogP contribution < -0.4 is 10.6 Å². The summed E-state index contributed by atoms with van der Waals surface area (Å²) in [5.74, 6) is 0.325. The van der Waals surface area contributed by atoms with Gasteiger partial charge in [0.2, 0.25) is 5.91 Å². The van der Waals surface area contributed by atoms with Gasteiger partial charge in [-0.25, -0.2) is 0 Å². The quantitative estimate of drug-likeness (QED) is 0.684. The fraction of sp³-hybridized carbons (Fsp3) is 0.900. The van der Waals surface area contributed by atoms with E-state index in [1.54, 1.807) is 0 Å². The molecular formula is C10H20N2O. The minimum absolute atomic E-state index is 0.0134. The number of nitrogens with one attached hydrogen (secondary N) is 2. The van der Waals surface area contributed by atoms with Crippen molar-refractivity contribution in [2.24, 2.45) is 5.92 Å². The van der Waals surface area contributed by atoms with Gasteiger partial charge in [0.15, 0.2) is 0 Å². The molecule has 0 aromatic rings. The maximum absolute atomic E-state index is 11.6. The highest BCUT2D eigenvalue weighted by molar-refractivity contribution is 5.79. The molecule has 0 aromatic heterocycles. The van der Waals surface area contributed by atoms with Crippen LogP contribution in [0, 0.1) is 5.92 Å². The summed E-state index contributed by atoms with van der Waals surface area (Å²) in [5.41, 5.74) is -0.0134. The van der Waals surface area contributed by atoms with Gasteiger partial charge in [-0.05, 0) is 26.3 Å². The van der Waals surface area contributed by atoms with Gasteiger partial charge >= 0.3 is 0 Å². The molecule has 3 nitrogen and oxygen atoms in total. The monoisotopic (exact) mass is 184 g/mol. The highest BCUT2D eigenvalue weighted by atomic mass is 16.2. The maximum Gasteiger partial charge on any atom is 0.223 e. The summed E-state index contributed by atoms with van der Waals surface area (Å²) in [5, 5.41) is 6.36. The molecule has 1 heterocycles. The fourth-order valence-electron chi connectivity index (χ4n) is 1.53. The molecule has 2 N–H and O–H groups in total. The molecule has 3 heteroatoms. The van der Waals surface area contributed by atoms with Gasteiger partial charge in [-0.2, -0.15) is 0 Å². The van der Waals surface area contributed by atoms with E-state index in [9.17, 15) is 4.79 Å². The lowest BCUT2D eigenvalue weighted by molar-refractivity contribution is -0.126.